The van der Waals surface area contributed by atoms with Crippen LogP contribution in [-0.2, 0) is 17.7 Å². The Bertz CT molecular complexity index is 701. The summed E-state index contributed by atoms with van der Waals surface area (Å²) in [7, 11) is 1.12. The van der Waals surface area contributed by atoms with Crippen molar-refractivity contribution in [1.82, 2.24) is 10.1 Å². The first-order chi connectivity index (χ1) is 10.9. The van der Waals surface area contributed by atoms with Gasteiger partial charge in [0.1, 0.15) is 11.6 Å². The number of nitrogens with zero attached hydrogens (tertiary/aromatic N) is 2. The summed E-state index contributed by atoms with van der Waals surface area (Å²) in [6.45, 7) is 4.10. The van der Waals surface area contributed by atoms with Gasteiger partial charge >= 0.3 is 5.97 Å². The van der Waals surface area contributed by atoms with Crippen molar-refractivity contribution in [1.29, 1.82) is 0 Å². The number of benzene rings is 1. The lowest BCUT2D eigenvalue weighted by molar-refractivity contribution is 0.0595. The fourth-order valence-corrected chi connectivity index (χ4v) is 1.93. The number of rotatable bonds is 6. The summed E-state index contributed by atoms with van der Waals surface area (Å²) in [5, 5.41) is 6.51. The van der Waals surface area contributed by atoms with E-state index in [1.807, 2.05) is 13.8 Å². The minimum absolute atomic E-state index is 0.0499. The van der Waals surface area contributed by atoms with Crippen LogP contribution in [0.15, 0.2) is 16.7 Å². The molecule has 0 unspecified atom stereocenters. The van der Waals surface area contributed by atoms with Crippen molar-refractivity contribution in [2.45, 2.75) is 26.8 Å². The second-order valence-corrected chi connectivity index (χ2v) is 5.36. The fraction of sp³-hybridized carbons (Fsp3) is 0.400. The second kappa shape index (κ2) is 7.17. The lowest BCUT2D eigenvalue weighted by Gasteiger charge is -2.08. The third-order valence-corrected chi connectivity index (χ3v) is 2.99. The summed E-state index contributed by atoms with van der Waals surface area (Å²) in [6.07, 6.45) is 0.668. The number of hydrogen-bond donors (Lipinski definition) is 1. The van der Waals surface area contributed by atoms with Crippen molar-refractivity contribution >= 4 is 11.7 Å². The van der Waals surface area contributed by atoms with Crippen molar-refractivity contribution < 1.29 is 22.8 Å². The highest BCUT2D eigenvalue weighted by molar-refractivity contribution is 5.90. The predicted octanol–water partition coefficient (Wildman–Crippen LogP) is 2.95. The average Bonchev–Trinajstić information content (AvgIpc) is 2.92. The number of anilines is 1. The first-order valence-corrected chi connectivity index (χ1v) is 7.03. The molecule has 1 N–H and O–H groups in total. The zero-order valence-electron chi connectivity index (χ0n) is 13.0. The van der Waals surface area contributed by atoms with Gasteiger partial charge < -0.3 is 14.6 Å². The molecule has 0 saturated heterocycles. The van der Waals surface area contributed by atoms with Gasteiger partial charge in [-0.2, -0.15) is 4.98 Å². The third kappa shape index (κ3) is 4.24. The van der Waals surface area contributed by atoms with Gasteiger partial charge in [-0.25, -0.2) is 13.6 Å². The topological polar surface area (TPSA) is 77.2 Å². The number of carbonyl (C=O) groups is 1. The average molecular weight is 325 g/mol. The van der Waals surface area contributed by atoms with Gasteiger partial charge in [-0.05, 0) is 12.0 Å². The standard InChI is InChI=1S/C15H17F2N3O3/c1-8(2)4-13-19-14(23-20-13)7-18-12-5-9(15(21)22-3)10(16)6-11(12)17/h5-6,8,18H,4,7H2,1-3H3. The minimum atomic E-state index is -0.989. The maximum absolute atomic E-state index is 13.8. The molecule has 0 aliphatic rings. The van der Waals surface area contributed by atoms with Crippen LogP contribution >= 0.6 is 0 Å². The summed E-state index contributed by atoms with van der Waals surface area (Å²) in [6, 6.07) is 1.66. The molecule has 2 aromatic rings. The molecular formula is C15H17F2N3O3. The van der Waals surface area contributed by atoms with Gasteiger partial charge in [0, 0.05) is 12.5 Å². The quantitative estimate of drug-likeness (QED) is 0.823. The Hall–Kier alpha value is -2.51. The van der Waals surface area contributed by atoms with E-state index < -0.39 is 17.6 Å². The second-order valence-electron chi connectivity index (χ2n) is 5.36. The molecule has 0 aliphatic carbocycles. The number of hydrogen-bond acceptors (Lipinski definition) is 6. The Morgan fingerprint density at radius 3 is 2.74 bits per heavy atom. The molecule has 1 aromatic carbocycles. The molecule has 124 valence electrons. The molecule has 1 aromatic heterocycles. The third-order valence-electron chi connectivity index (χ3n) is 2.99. The van der Waals surface area contributed by atoms with Crippen molar-refractivity contribution in [2.24, 2.45) is 5.92 Å². The molecule has 0 fully saturated rings. The molecule has 8 heteroatoms. The van der Waals surface area contributed by atoms with Crippen LogP contribution in [0.1, 0.15) is 35.9 Å². The minimum Gasteiger partial charge on any atom is -0.465 e. The summed E-state index contributed by atoms with van der Waals surface area (Å²) in [5.74, 6) is -1.50. The molecule has 0 atom stereocenters. The van der Waals surface area contributed by atoms with E-state index in [1.54, 1.807) is 0 Å². The van der Waals surface area contributed by atoms with Crippen LogP contribution in [0.4, 0.5) is 14.5 Å². The van der Waals surface area contributed by atoms with Gasteiger partial charge in [-0.3, -0.25) is 0 Å². The molecule has 0 bridgehead atoms. The molecule has 0 radical (unpaired) electrons. The van der Waals surface area contributed by atoms with Gasteiger partial charge in [-0.1, -0.05) is 19.0 Å². The monoisotopic (exact) mass is 325 g/mol. The molecule has 23 heavy (non-hydrogen) atoms. The van der Waals surface area contributed by atoms with E-state index in [1.165, 1.54) is 0 Å². The van der Waals surface area contributed by atoms with Crippen LogP contribution in [0.2, 0.25) is 0 Å². The van der Waals surface area contributed by atoms with E-state index >= 15 is 0 Å². The smallest absolute Gasteiger partial charge is 0.340 e. The highest BCUT2D eigenvalue weighted by Gasteiger charge is 2.17. The van der Waals surface area contributed by atoms with Gasteiger partial charge in [-0.15, -0.1) is 0 Å². The number of carbonyl (C=O) groups excluding carboxylic acids is 1. The number of halogens is 2. The molecule has 0 saturated carbocycles. The van der Waals surface area contributed by atoms with Gasteiger partial charge in [0.15, 0.2) is 5.82 Å². The predicted molar refractivity (Wildman–Crippen MR) is 77.9 cm³/mol. The molecular weight excluding hydrogens is 308 g/mol. The van der Waals surface area contributed by atoms with E-state index in [2.05, 4.69) is 20.2 Å². The van der Waals surface area contributed by atoms with Crippen molar-refractivity contribution in [3.8, 4) is 0 Å². The van der Waals surface area contributed by atoms with Crippen molar-refractivity contribution in [3.63, 3.8) is 0 Å². The highest BCUT2D eigenvalue weighted by Crippen LogP contribution is 2.21. The Labute approximate surface area is 131 Å². The van der Waals surface area contributed by atoms with Crippen LogP contribution in [-0.4, -0.2) is 23.2 Å². The number of ether oxygens (including phenoxy) is 1. The maximum Gasteiger partial charge on any atom is 0.340 e. The summed E-state index contributed by atoms with van der Waals surface area (Å²) >= 11 is 0. The van der Waals surface area contributed by atoms with Crippen molar-refractivity contribution in [2.75, 3.05) is 12.4 Å². The molecule has 1 heterocycles. The van der Waals surface area contributed by atoms with Crippen LogP contribution < -0.4 is 5.32 Å². The van der Waals surface area contributed by atoms with E-state index in [-0.39, 0.29) is 23.7 Å². The maximum atomic E-state index is 13.8. The van der Waals surface area contributed by atoms with Gasteiger partial charge in [0.05, 0.1) is 24.9 Å². The molecule has 6 nitrogen and oxygen atoms in total. The fourth-order valence-electron chi connectivity index (χ4n) is 1.93. The van der Waals surface area contributed by atoms with Crippen molar-refractivity contribution in [3.05, 3.63) is 41.0 Å². The largest absolute Gasteiger partial charge is 0.465 e. The van der Waals surface area contributed by atoms with Crippen LogP contribution in [0.25, 0.3) is 0 Å². The van der Waals surface area contributed by atoms with E-state index in [4.69, 9.17) is 4.52 Å². The number of aromatic nitrogens is 2. The summed E-state index contributed by atoms with van der Waals surface area (Å²) < 4.78 is 36.8. The molecule has 2 rings (SSSR count). The Kier molecular flexibility index (Phi) is 5.25. The van der Waals surface area contributed by atoms with Crippen LogP contribution in [0.5, 0.6) is 0 Å². The van der Waals surface area contributed by atoms with Gasteiger partial charge in [0.2, 0.25) is 5.89 Å². The van der Waals surface area contributed by atoms with Crippen LogP contribution in [0, 0.1) is 17.6 Å². The zero-order chi connectivity index (χ0) is 17.0. The summed E-state index contributed by atoms with van der Waals surface area (Å²) in [5.41, 5.74) is -0.419. The summed E-state index contributed by atoms with van der Waals surface area (Å²) in [4.78, 5) is 15.6. The molecule has 0 aliphatic heterocycles. The lowest BCUT2D eigenvalue weighted by atomic mass is 10.1. The van der Waals surface area contributed by atoms with Gasteiger partial charge in [0.25, 0.3) is 0 Å². The van der Waals surface area contributed by atoms with E-state index in [9.17, 15) is 13.6 Å². The lowest BCUT2D eigenvalue weighted by Crippen LogP contribution is -2.08. The Morgan fingerprint density at radius 1 is 1.35 bits per heavy atom. The molecule has 0 spiro atoms. The SMILES string of the molecule is COC(=O)c1cc(NCc2nc(CC(C)C)no2)c(F)cc1F. The first-order valence-electron chi connectivity index (χ1n) is 7.03. The Balaban J connectivity index is 2.11. The van der Waals surface area contributed by atoms with Crippen LogP contribution in [0.3, 0.4) is 0 Å². The normalized spacial score (nSPS) is 10.9. The molecule has 0 amide bonds. The Morgan fingerprint density at radius 2 is 2.09 bits per heavy atom. The first kappa shape index (κ1) is 16.9. The highest BCUT2D eigenvalue weighted by atomic mass is 19.1. The van der Waals surface area contributed by atoms with E-state index in [0.29, 0.717) is 24.2 Å². The number of nitrogens with one attached hydrogen (secondary N) is 1. The van der Waals surface area contributed by atoms with E-state index in [0.717, 1.165) is 13.2 Å². The number of methoxy groups -OCH3 is 1. The number of esters is 1. The zero-order valence-corrected chi connectivity index (χ0v) is 13.0.